The Kier molecular flexibility index (Phi) is 4.39. The second kappa shape index (κ2) is 6.15. The van der Waals surface area contributed by atoms with Gasteiger partial charge in [0.05, 0.1) is 0 Å². The molecule has 4 rings (SSSR count). The predicted molar refractivity (Wildman–Crippen MR) is 101 cm³/mol. The highest BCUT2D eigenvalue weighted by Gasteiger charge is 2.57. The highest BCUT2D eigenvalue weighted by Crippen LogP contribution is 2.66. The van der Waals surface area contributed by atoms with E-state index in [-0.39, 0.29) is 0 Å². The normalized spacial score (nSPS) is 46.7. The Hall–Kier alpha value is -0.300. The Morgan fingerprint density at radius 3 is 2.71 bits per heavy atom. The first-order chi connectivity index (χ1) is 11.5. The molecule has 0 aromatic heterocycles. The molecule has 1 nitrogen and oxygen atoms in total. The fourth-order valence-corrected chi connectivity index (χ4v) is 7.88. The van der Waals surface area contributed by atoms with Gasteiger partial charge in [0.2, 0.25) is 0 Å². The zero-order chi connectivity index (χ0) is 16.9. The van der Waals surface area contributed by atoms with E-state index >= 15 is 0 Å². The lowest BCUT2D eigenvalue weighted by Crippen LogP contribution is -2.48. The van der Waals surface area contributed by atoms with Gasteiger partial charge in [-0.15, -0.1) is 0 Å². The highest BCUT2D eigenvalue weighted by molar-refractivity contribution is 5.20. The van der Waals surface area contributed by atoms with Crippen molar-refractivity contribution in [2.75, 3.05) is 6.61 Å². The summed E-state index contributed by atoms with van der Waals surface area (Å²) in [5, 5.41) is 9.56. The van der Waals surface area contributed by atoms with E-state index in [4.69, 9.17) is 0 Å². The summed E-state index contributed by atoms with van der Waals surface area (Å²) in [6, 6.07) is 0. The molecule has 136 valence electrons. The van der Waals surface area contributed by atoms with Crippen LogP contribution in [0.4, 0.5) is 0 Å². The lowest BCUT2D eigenvalue weighted by Gasteiger charge is -2.56. The molecule has 0 heterocycles. The quantitative estimate of drug-likeness (QED) is 0.632. The average molecular weight is 331 g/mol. The number of rotatable bonds is 3. The maximum Gasteiger partial charge on any atom is 0.0433 e. The SMILES string of the molecule is CC[C@]12CC[C@H]3[C@@H](CCC4=CCC(C)(C)C[C@@H]43)[C@@H]1CC[C@@H]2CCO. The van der Waals surface area contributed by atoms with E-state index in [0.717, 1.165) is 36.0 Å². The summed E-state index contributed by atoms with van der Waals surface area (Å²) in [6.45, 7) is 7.81. The monoisotopic (exact) mass is 330 g/mol. The van der Waals surface area contributed by atoms with E-state index in [1.807, 2.05) is 5.57 Å². The number of fused-ring (bicyclic) bond motifs is 5. The molecule has 0 amide bonds. The van der Waals surface area contributed by atoms with E-state index in [2.05, 4.69) is 26.8 Å². The number of hydrogen-bond acceptors (Lipinski definition) is 1. The van der Waals surface area contributed by atoms with E-state index in [1.165, 1.54) is 57.8 Å². The van der Waals surface area contributed by atoms with Crippen molar-refractivity contribution in [2.45, 2.75) is 85.0 Å². The average Bonchev–Trinajstić information content (AvgIpc) is 2.93. The minimum Gasteiger partial charge on any atom is -0.396 e. The summed E-state index contributed by atoms with van der Waals surface area (Å²) in [5.41, 5.74) is 2.93. The zero-order valence-corrected chi connectivity index (χ0v) is 16.2. The first kappa shape index (κ1) is 17.1. The van der Waals surface area contributed by atoms with Crippen molar-refractivity contribution < 1.29 is 5.11 Å². The van der Waals surface area contributed by atoms with Gasteiger partial charge in [0.15, 0.2) is 0 Å². The van der Waals surface area contributed by atoms with Crippen molar-refractivity contribution in [3.05, 3.63) is 11.6 Å². The van der Waals surface area contributed by atoms with Gasteiger partial charge < -0.3 is 5.11 Å². The van der Waals surface area contributed by atoms with Crippen LogP contribution in [0.5, 0.6) is 0 Å². The maximum absolute atomic E-state index is 9.56. The molecule has 0 bridgehead atoms. The smallest absolute Gasteiger partial charge is 0.0433 e. The Morgan fingerprint density at radius 1 is 1.12 bits per heavy atom. The molecule has 4 aliphatic carbocycles. The first-order valence-corrected chi connectivity index (χ1v) is 10.8. The molecule has 24 heavy (non-hydrogen) atoms. The van der Waals surface area contributed by atoms with Crippen LogP contribution in [0.2, 0.25) is 0 Å². The van der Waals surface area contributed by atoms with Crippen LogP contribution >= 0.6 is 0 Å². The maximum atomic E-state index is 9.56. The second-order valence-electron chi connectivity index (χ2n) is 10.3. The van der Waals surface area contributed by atoms with Gasteiger partial charge in [0.1, 0.15) is 0 Å². The van der Waals surface area contributed by atoms with E-state index in [9.17, 15) is 5.11 Å². The Labute approximate surface area is 149 Å². The molecule has 0 unspecified atom stereocenters. The zero-order valence-electron chi connectivity index (χ0n) is 16.2. The van der Waals surface area contributed by atoms with E-state index in [0.29, 0.717) is 17.4 Å². The third kappa shape index (κ3) is 2.52. The lowest BCUT2D eigenvalue weighted by atomic mass is 9.49. The van der Waals surface area contributed by atoms with Crippen molar-refractivity contribution in [3.63, 3.8) is 0 Å². The fraction of sp³-hybridized carbons (Fsp3) is 0.913. The molecule has 3 fully saturated rings. The van der Waals surface area contributed by atoms with Gasteiger partial charge in [-0.2, -0.15) is 0 Å². The van der Waals surface area contributed by atoms with Gasteiger partial charge in [-0.25, -0.2) is 0 Å². The van der Waals surface area contributed by atoms with Crippen molar-refractivity contribution in [1.82, 2.24) is 0 Å². The first-order valence-electron chi connectivity index (χ1n) is 10.8. The summed E-state index contributed by atoms with van der Waals surface area (Å²) in [4.78, 5) is 0. The third-order valence-electron chi connectivity index (χ3n) is 8.97. The van der Waals surface area contributed by atoms with E-state index < -0.39 is 0 Å². The van der Waals surface area contributed by atoms with Gasteiger partial charge >= 0.3 is 0 Å². The molecule has 0 radical (unpaired) electrons. The number of aliphatic hydroxyl groups is 1. The van der Waals surface area contributed by atoms with Crippen LogP contribution < -0.4 is 0 Å². The van der Waals surface area contributed by atoms with Crippen molar-refractivity contribution in [3.8, 4) is 0 Å². The molecule has 0 saturated heterocycles. The highest BCUT2D eigenvalue weighted by atomic mass is 16.3. The second-order valence-corrected chi connectivity index (χ2v) is 10.3. The van der Waals surface area contributed by atoms with Crippen molar-refractivity contribution in [2.24, 2.45) is 40.4 Å². The Bertz CT molecular complexity index is 504. The number of hydrogen-bond donors (Lipinski definition) is 1. The van der Waals surface area contributed by atoms with Gasteiger partial charge in [0.25, 0.3) is 0 Å². The van der Waals surface area contributed by atoms with Gasteiger partial charge in [-0.3, -0.25) is 0 Å². The largest absolute Gasteiger partial charge is 0.396 e. The molecule has 1 heteroatoms. The Morgan fingerprint density at radius 2 is 1.96 bits per heavy atom. The Balaban J connectivity index is 1.60. The molecule has 4 aliphatic rings. The molecule has 0 aromatic carbocycles. The van der Waals surface area contributed by atoms with Crippen LogP contribution in [0.3, 0.4) is 0 Å². The van der Waals surface area contributed by atoms with Gasteiger partial charge in [-0.1, -0.05) is 32.4 Å². The minimum atomic E-state index is 0.400. The van der Waals surface area contributed by atoms with Crippen LogP contribution in [0, 0.1) is 40.4 Å². The predicted octanol–water partition coefficient (Wildman–Crippen LogP) is 5.97. The van der Waals surface area contributed by atoms with Crippen LogP contribution in [0.1, 0.15) is 85.0 Å². The van der Waals surface area contributed by atoms with Crippen LogP contribution in [-0.4, -0.2) is 11.7 Å². The fourth-order valence-electron chi connectivity index (χ4n) is 7.88. The standard InChI is InChI=1S/C23H38O/c1-4-23-13-10-18-19(21(23)8-6-17(23)11-14-24)7-5-16-9-12-22(2,3)15-20(16)18/h9,17-21,24H,4-8,10-15H2,1-3H3/t17-,18+,19-,20+,21+,23-/m1/s1. The number of aliphatic hydroxyl groups excluding tert-OH is 1. The van der Waals surface area contributed by atoms with E-state index in [1.54, 1.807) is 0 Å². The minimum absolute atomic E-state index is 0.400. The number of allylic oxidation sites excluding steroid dienone is 2. The molecule has 1 N–H and O–H groups in total. The molecule has 6 atom stereocenters. The van der Waals surface area contributed by atoms with Crippen LogP contribution in [-0.2, 0) is 0 Å². The summed E-state index contributed by atoms with van der Waals surface area (Å²) in [7, 11) is 0. The van der Waals surface area contributed by atoms with Crippen LogP contribution in [0.15, 0.2) is 11.6 Å². The van der Waals surface area contributed by atoms with Crippen LogP contribution in [0.25, 0.3) is 0 Å². The van der Waals surface area contributed by atoms with Gasteiger partial charge in [-0.05, 0) is 105 Å². The van der Waals surface area contributed by atoms with Crippen molar-refractivity contribution >= 4 is 0 Å². The van der Waals surface area contributed by atoms with Crippen molar-refractivity contribution in [1.29, 1.82) is 0 Å². The summed E-state index contributed by atoms with van der Waals surface area (Å²) < 4.78 is 0. The molecule has 3 saturated carbocycles. The topological polar surface area (TPSA) is 20.2 Å². The molecular formula is C23H38O. The lowest BCUT2D eigenvalue weighted by molar-refractivity contribution is -0.0451. The molecule has 0 aliphatic heterocycles. The molecule has 0 spiro atoms. The van der Waals surface area contributed by atoms with Gasteiger partial charge in [0, 0.05) is 6.61 Å². The summed E-state index contributed by atoms with van der Waals surface area (Å²) in [6.07, 6.45) is 16.4. The third-order valence-corrected chi connectivity index (χ3v) is 8.97. The summed E-state index contributed by atoms with van der Waals surface area (Å²) >= 11 is 0. The molecule has 0 aromatic rings. The summed E-state index contributed by atoms with van der Waals surface area (Å²) in [5.74, 6) is 4.63. The molecular weight excluding hydrogens is 292 g/mol.